The van der Waals surface area contributed by atoms with Crippen molar-refractivity contribution in [1.82, 2.24) is 0 Å². The van der Waals surface area contributed by atoms with E-state index in [-0.39, 0.29) is 22.3 Å². The molecule has 2 aromatic rings. The number of rotatable bonds is 2. The first kappa shape index (κ1) is 18.5. The summed E-state index contributed by atoms with van der Waals surface area (Å²) in [5, 5.41) is 0. The van der Waals surface area contributed by atoms with Gasteiger partial charge in [0.15, 0.2) is 0 Å². The van der Waals surface area contributed by atoms with Gasteiger partial charge in [-0.25, -0.2) is 0 Å². The summed E-state index contributed by atoms with van der Waals surface area (Å²) >= 11 is 1.86. The maximum atomic E-state index is 10.8. The number of hydrogen-bond donors (Lipinski definition) is 0. The van der Waals surface area contributed by atoms with Crippen molar-refractivity contribution < 1.29 is 4.79 Å². The zero-order chi connectivity index (χ0) is 19.1. The molecule has 2 aliphatic rings. The molecule has 138 valence electrons. The van der Waals surface area contributed by atoms with Gasteiger partial charge in [-0.1, -0.05) is 63.7 Å². The van der Waals surface area contributed by atoms with Crippen LogP contribution in [0.4, 0.5) is 0 Å². The summed E-state index contributed by atoms with van der Waals surface area (Å²) < 4.78 is 0. The summed E-state index contributed by atoms with van der Waals surface area (Å²) in [4.78, 5) is 17.6. The lowest BCUT2D eigenvalue weighted by molar-refractivity contribution is 0.644. The van der Waals surface area contributed by atoms with E-state index in [2.05, 4.69) is 88.4 Å². The van der Waals surface area contributed by atoms with Gasteiger partial charge in [-0.05, 0) is 48.3 Å². The molecule has 0 spiro atoms. The molecule has 1 aliphatic carbocycles. The average molecular weight is 394 g/mol. The molecular formula is C24H25OS2+. The normalized spacial score (nSPS) is 17.0. The molecule has 0 saturated heterocycles. The zero-order valence-electron chi connectivity index (χ0n) is 16.2. The summed E-state index contributed by atoms with van der Waals surface area (Å²) in [5.41, 5.74) is 2.11. The van der Waals surface area contributed by atoms with Crippen LogP contribution in [0.25, 0.3) is 0 Å². The van der Waals surface area contributed by atoms with E-state index in [1.807, 2.05) is 11.8 Å². The molecule has 0 saturated carbocycles. The number of ketones is 1. The minimum absolute atomic E-state index is 0.152. The van der Waals surface area contributed by atoms with Crippen LogP contribution >= 0.6 is 22.2 Å². The second kappa shape index (κ2) is 7.29. The average Bonchev–Trinajstić information content (AvgIpc) is 2.66. The van der Waals surface area contributed by atoms with Crippen LogP contribution in [0.5, 0.6) is 0 Å². The fourth-order valence-electron chi connectivity index (χ4n) is 3.55. The molecule has 3 heteroatoms. The highest BCUT2D eigenvalue weighted by Gasteiger charge is 2.32. The van der Waals surface area contributed by atoms with E-state index in [9.17, 15) is 4.79 Å². The second-order valence-corrected chi connectivity index (χ2v) is 10.6. The van der Waals surface area contributed by atoms with Gasteiger partial charge in [0.05, 0.1) is 11.1 Å². The summed E-state index contributed by atoms with van der Waals surface area (Å²) in [6, 6.07) is 17.5. The first-order chi connectivity index (χ1) is 13.0. The molecule has 27 heavy (non-hydrogen) atoms. The van der Waals surface area contributed by atoms with Gasteiger partial charge in [0.1, 0.15) is 0 Å². The van der Waals surface area contributed by atoms with Crippen LogP contribution in [0.1, 0.15) is 27.7 Å². The third-order valence-electron chi connectivity index (χ3n) is 4.98. The molecule has 1 N–H and O–H groups in total. The summed E-state index contributed by atoms with van der Waals surface area (Å²) in [5.74, 6) is 1.05. The smallest absolute Gasteiger partial charge is 0.273 e. The molecule has 4 rings (SSSR count). The zero-order valence-corrected chi connectivity index (χ0v) is 17.8. The molecule has 0 atom stereocenters. The molecule has 2 aromatic carbocycles. The molecule has 1 nitrogen and oxygen atoms in total. The molecule has 0 fully saturated rings. The Bertz CT molecular complexity index is 945. The Morgan fingerprint density at radius 2 is 1.19 bits per heavy atom. The molecular weight excluding hydrogens is 368 g/mol. The molecule has 0 amide bonds. The first-order valence-electron chi connectivity index (χ1n) is 9.44. The number of benzene rings is 2. The number of fused-ring (bicyclic) bond motifs is 2. The largest absolute Gasteiger partial charge is 0.346 e. The van der Waals surface area contributed by atoms with Crippen LogP contribution in [0.2, 0.25) is 0 Å². The van der Waals surface area contributed by atoms with E-state index in [4.69, 9.17) is 0 Å². The van der Waals surface area contributed by atoms with Crippen molar-refractivity contribution in [2.24, 2.45) is 11.8 Å². The SMILES string of the molecule is CC(C)C1=CC(=S2c3ccccc3Sc3ccccc32)C=C(C(C)C)C1=[OH+]. The van der Waals surface area contributed by atoms with E-state index in [1.54, 1.807) is 0 Å². The molecule has 0 radical (unpaired) electrons. The summed E-state index contributed by atoms with van der Waals surface area (Å²) in [6.07, 6.45) is 4.47. The molecule has 0 aromatic heterocycles. The van der Waals surface area contributed by atoms with Crippen molar-refractivity contribution in [1.29, 1.82) is 0 Å². The highest BCUT2D eigenvalue weighted by Crippen LogP contribution is 2.53. The van der Waals surface area contributed by atoms with Crippen LogP contribution in [-0.4, -0.2) is 15.4 Å². The van der Waals surface area contributed by atoms with Gasteiger partial charge in [-0.15, -0.1) is 10.5 Å². The van der Waals surface area contributed by atoms with Gasteiger partial charge in [0.25, 0.3) is 0 Å². The lowest BCUT2D eigenvalue weighted by Gasteiger charge is -2.26. The Balaban J connectivity index is 2.05. The maximum absolute atomic E-state index is 10.8. The van der Waals surface area contributed by atoms with Gasteiger partial charge >= 0.3 is 5.78 Å². The number of allylic oxidation sites excluding steroid dienone is 4. The van der Waals surface area contributed by atoms with Crippen molar-refractivity contribution >= 4 is 32.9 Å². The minimum atomic E-state index is -0.152. The minimum Gasteiger partial charge on any atom is -0.273 e. The third-order valence-corrected chi connectivity index (χ3v) is 8.69. The highest BCUT2D eigenvalue weighted by atomic mass is 32.2. The molecule has 1 heterocycles. The topological polar surface area (TPSA) is 21.4 Å². The van der Waals surface area contributed by atoms with Gasteiger partial charge < -0.3 is 0 Å². The number of hydrogen-bond acceptors (Lipinski definition) is 1. The quantitative estimate of drug-likeness (QED) is 0.349. The van der Waals surface area contributed by atoms with Crippen LogP contribution in [0, 0.1) is 11.8 Å². The molecule has 1 aliphatic heterocycles. The Morgan fingerprint density at radius 1 is 0.741 bits per heavy atom. The van der Waals surface area contributed by atoms with Gasteiger partial charge in [0.2, 0.25) is 0 Å². The van der Waals surface area contributed by atoms with Crippen molar-refractivity contribution in [3.63, 3.8) is 0 Å². The fraction of sp³-hybridized carbons (Fsp3) is 0.250. The van der Waals surface area contributed by atoms with E-state index in [1.165, 1.54) is 24.4 Å². The van der Waals surface area contributed by atoms with E-state index in [0.29, 0.717) is 5.78 Å². The van der Waals surface area contributed by atoms with Crippen molar-refractivity contribution in [3.05, 3.63) is 71.8 Å². The lowest BCUT2D eigenvalue weighted by Crippen LogP contribution is -2.21. The van der Waals surface area contributed by atoms with Crippen molar-refractivity contribution in [2.75, 3.05) is 0 Å². The fourth-order valence-corrected chi connectivity index (χ4v) is 7.37. The Morgan fingerprint density at radius 3 is 1.63 bits per heavy atom. The number of carbonyl (C=O) groups excluding carboxylic acids is 1. The van der Waals surface area contributed by atoms with Gasteiger partial charge in [-0.3, -0.25) is 4.79 Å². The maximum Gasteiger partial charge on any atom is 0.346 e. The first-order valence-corrected chi connectivity index (χ1v) is 11.5. The predicted octanol–water partition coefficient (Wildman–Crippen LogP) is 6.73. The Kier molecular flexibility index (Phi) is 5.00. The van der Waals surface area contributed by atoms with Crippen LogP contribution in [0.3, 0.4) is 0 Å². The highest BCUT2D eigenvalue weighted by molar-refractivity contribution is 8.18. The van der Waals surface area contributed by atoms with E-state index in [0.717, 1.165) is 11.1 Å². The van der Waals surface area contributed by atoms with Crippen LogP contribution in [0.15, 0.2) is 91.4 Å². The van der Waals surface area contributed by atoms with E-state index >= 15 is 0 Å². The predicted molar refractivity (Wildman–Crippen MR) is 119 cm³/mol. The molecule has 0 unspecified atom stereocenters. The van der Waals surface area contributed by atoms with Crippen molar-refractivity contribution in [3.8, 4) is 0 Å². The second-order valence-electron chi connectivity index (χ2n) is 7.56. The summed E-state index contributed by atoms with van der Waals surface area (Å²) in [7, 11) is -0.152. The van der Waals surface area contributed by atoms with E-state index < -0.39 is 0 Å². The van der Waals surface area contributed by atoms with Crippen LogP contribution in [-0.2, 0) is 0 Å². The third kappa shape index (κ3) is 3.28. The molecule has 0 bridgehead atoms. The monoisotopic (exact) mass is 393 g/mol. The van der Waals surface area contributed by atoms with Gasteiger partial charge in [0, 0.05) is 24.4 Å². The van der Waals surface area contributed by atoms with Gasteiger partial charge in [-0.2, -0.15) is 0 Å². The van der Waals surface area contributed by atoms with Crippen LogP contribution < -0.4 is 0 Å². The standard InChI is InChI=1S/C24H24OS2/c1-15(2)18-13-17(14-19(16(3)4)24(18)25)27-22-11-7-5-9-20(22)26-21-10-6-8-12-23(21)27/h5-16H,1-4H3/p+1. The Labute approximate surface area is 168 Å². The summed E-state index contributed by atoms with van der Waals surface area (Å²) in [6.45, 7) is 8.63. The lowest BCUT2D eigenvalue weighted by atomic mass is 9.84. The Hall–Kier alpha value is -1.84. The van der Waals surface area contributed by atoms with Crippen molar-refractivity contribution in [2.45, 2.75) is 47.3 Å².